The Bertz CT molecular complexity index is 405. The van der Waals surface area contributed by atoms with Crippen molar-refractivity contribution in [3.8, 4) is 0 Å². The Morgan fingerprint density at radius 3 is 2.50 bits per heavy atom. The van der Waals surface area contributed by atoms with Crippen molar-refractivity contribution < 1.29 is 9.13 Å². The lowest BCUT2D eigenvalue weighted by Gasteiger charge is -2.28. The van der Waals surface area contributed by atoms with Gasteiger partial charge in [-0.2, -0.15) is 0 Å². The van der Waals surface area contributed by atoms with Crippen LogP contribution in [0.3, 0.4) is 0 Å². The molecule has 1 saturated heterocycles. The smallest absolute Gasteiger partial charge is 0.131 e. The number of benzene rings is 1. The van der Waals surface area contributed by atoms with Crippen molar-refractivity contribution in [1.29, 1.82) is 0 Å². The minimum atomic E-state index is -0.148. The quantitative estimate of drug-likeness (QED) is 0.801. The van der Waals surface area contributed by atoms with Gasteiger partial charge in [-0.05, 0) is 11.0 Å². The summed E-state index contributed by atoms with van der Waals surface area (Å²) in [6.07, 6.45) is 0. The maximum absolute atomic E-state index is 14.5. The van der Waals surface area contributed by atoms with E-state index in [2.05, 4.69) is 4.90 Å². The van der Waals surface area contributed by atoms with Crippen LogP contribution in [-0.2, 0) is 16.7 Å². The molecule has 3 heteroatoms. The molecular weight excluding hydrogens is 229 g/mol. The fourth-order valence-corrected chi connectivity index (χ4v) is 2.28. The van der Waals surface area contributed by atoms with E-state index in [-0.39, 0.29) is 11.2 Å². The SMILES string of the molecule is CC(C)(C)c1cccc(CN2CCOCC2)c1F. The molecular formula is C15H22FNO. The zero-order chi connectivity index (χ0) is 13.2. The molecule has 1 fully saturated rings. The standard InChI is InChI=1S/C15H22FNO/c1-15(2,3)13-6-4-5-12(14(13)16)11-17-7-9-18-10-8-17/h4-6H,7-11H2,1-3H3. The van der Waals surface area contributed by atoms with Gasteiger partial charge in [0.2, 0.25) is 0 Å². The second-order valence-electron chi connectivity index (χ2n) is 5.92. The number of hydrogen-bond donors (Lipinski definition) is 0. The number of nitrogens with zero attached hydrogens (tertiary/aromatic N) is 1. The molecule has 0 N–H and O–H groups in total. The van der Waals surface area contributed by atoms with E-state index in [4.69, 9.17) is 4.74 Å². The van der Waals surface area contributed by atoms with Crippen LogP contribution in [-0.4, -0.2) is 31.2 Å². The van der Waals surface area contributed by atoms with Crippen molar-refractivity contribution in [2.24, 2.45) is 0 Å². The average Bonchev–Trinajstić information content (AvgIpc) is 2.32. The van der Waals surface area contributed by atoms with Gasteiger partial charge in [0.1, 0.15) is 5.82 Å². The second-order valence-corrected chi connectivity index (χ2v) is 5.92. The van der Waals surface area contributed by atoms with E-state index in [1.54, 1.807) is 0 Å². The van der Waals surface area contributed by atoms with E-state index in [1.165, 1.54) is 0 Å². The number of morpholine rings is 1. The molecule has 0 bridgehead atoms. The molecule has 0 radical (unpaired) electrons. The summed E-state index contributed by atoms with van der Waals surface area (Å²) in [5, 5.41) is 0. The third-order valence-corrected chi connectivity index (χ3v) is 3.38. The van der Waals surface area contributed by atoms with Gasteiger partial charge in [0.15, 0.2) is 0 Å². The van der Waals surface area contributed by atoms with Crippen molar-refractivity contribution in [2.75, 3.05) is 26.3 Å². The minimum Gasteiger partial charge on any atom is -0.379 e. The normalized spacial score (nSPS) is 18.0. The first-order chi connectivity index (χ1) is 8.48. The maximum atomic E-state index is 14.5. The Labute approximate surface area is 109 Å². The van der Waals surface area contributed by atoms with Crippen LogP contribution in [0, 0.1) is 5.82 Å². The first-order valence-electron chi connectivity index (χ1n) is 6.56. The molecule has 0 aromatic heterocycles. The summed E-state index contributed by atoms with van der Waals surface area (Å²) in [7, 11) is 0. The molecule has 1 aromatic rings. The largest absolute Gasteiger partial charge is 0.379 e. The predicted octanol–water partition coefficient (Wildman–Crippen LogP) is 2.96. The molecule has 1 aromatic carbocycles. The molecule has 2 nitrogen and oxygen atoms in total. The number of ether oxygens (including phenoxy) is 1. The first-order valence-corrected chi connectivity index (χ1v) is 6.56. The van der Waals surface area contributed by atoms with Crippen LogP contribution in [0.5, 0.6) is 0 Å². The third kappa shape index (κ3) is 3.09. The van der Waals surface area contributed by atoms with E-state index >= 15 is 0 Å². The van der Waals surface area contributed by atoms with Crippen molar-refractivity contribution in [2.45, 2.75) is 32.7 Å². The van der Waals surface area contributed by atoms with Gasteiger partial charge >= 0.3 is 0 Å². The summed E-state index contributed by atoms with van der Waals surface area (Å²) in [6.45, 7) is 10.1. The average molecular weight is 251 g/mol. The zero-order valence-corrected chi connectivity index (χ0v) is 11.5. The second kappa shape index (κ2) is 5.37. The van der Waals surface area contributed by atoms with Gasteiger partial charge in [0, 0.05) is 25.2 Å². The van der Waals surface area contributed by atoms with E-state index in [9.17, 15) is 4.39 Å². The topological polar surface area (TPSA) is 12.5 Å². The van der Waals surface area contributed by atoms with Crippen LogP contribution in [0.2, 0.25) is 0 Å². The molecule has 100 valence electrons. The zero-order valence-electron chi connectivity index (χ0n) is 11.5. The lowest BCUT2D eigenvalue weighted by Crippen LogP contribution is -2.36. The van der Waals surface area contributed by atoms with Crippen LogP contribution < -0.4 is 0 Å². The van der Waals surface area contributed by atoms with Crippen LogP contribution in [0.25, 0.3) is 0 Å². The molecule has 18 heavy (non-hydrogen) atoms. The Morgan fingerprint density at radius 2 is 1.89 bits per heavy atom. The maximum Gasteiger partial charge on any atom is 0.131 e. The highest BCUT2D eigenvalue weighted by molar-refractivity contribution is 5.30. The summed E-state index contributed by atoms with van der Waals surface area (Å²) in [4.78, 5) is 2.24. The van der Waals surface area contributed by atoms with Gasteiger partial charge < -0.3 is 4.74 Å². The van der Waals surface area contributed by atoms with E-state index in [0.29, 0.717) is 6.54 Å². The highest BCUT2D eigenvalue weighted by atomic mass is 19.1. The van der Waals surface area contributed by atoms with Crippen LogP contribution in [0.1, 0.15) is 31.9 Å². The van der Waals surface area contributed by atoms with Crippen LogP contribution >= 0.6 is 0 Å². The molecule has 2 rings (SSSR count). The monoisotopic (exact) mass is 251 g/mol. The Hall–Kier alpha value is -0.930. The van der Waals surface area contributed by atoms with Crippen LogP contribution in [0.15, 0.2) is 18.2 Å². The molecule has 0 spiro atoms. The lowest BCUT2D eigenvalue weighted by atomic mass is 9.85. The first kappa shape index (κ1) is 13.5. The lowest BCUT2D eigenvalue weighted by molar-refractivity contribution is 0.0337. The molecule has 0 amide bonds. The van der Waals surface area contributed by atoms with Crippen molar-refractivity contribution in [3.63, 3.8) is 0 Å². The van der Waals surface area contributed by atoms with Crippen LogP contribution in [0.4, 0.5) is 4.39 Å². The van der Waals surface area contributed by atoms with Gasteiger partial charge in [-0.25, -0.2) is 4.39 Å². The molecule has 1 heterocycles. The fourth-order valence-electron chi connectivity index (χ4n) is 2.28. The summed E-state index contributed by atoms with van der Waals surface area (Å²) >= 11 is 0. The van der Waals surface area contributed by atoms with Gasteiger partial charge in [0.05, 0.1) is 13.2 Å². The molecule has 0 saturated carbocycles. The molecule has 1 aliphatic heterocycles. The number of hydrogen-bond acceptors (Lipinski definition) is 2. The number of rotatable bonds is 2. The van der Waals surface area contributed by atoms with Gasteiger partial charge in [-0.3, -0.25) is 4.90 Å². The molecule has 0 atom stereocenters. The fraction of sp³-hybridized carbons (Fsp3) is 0.600. The Kier molecular flexibility index (Phi) is 4.03. The molecule has 0 aliphatic carbocycles. The Morgan fingerprint density at radius 1 is 1.22 bits per heavy atom. The predicted molar refractivity (Wildman–Crippen MR) is 71.2 cm³/mol. The summed E-state index contributed by atoms with van der Waals surface area (Å²) in [5.74, 6) is -0.0449. The number of halogens is 1. The van der Waals surface area contributed by atoms with Crippen molar-refractivity contribution in [3.05, 3.63) is 35.1 Å². The van der Waals surface area contributed by atoms with E-state index < -0.39 is 0 Å². The van der Waals surface area contributed by atoms with Gasteiger partial charge in [-0.1, -0.05) is 39.0 Å². The van der Waals surface area contributed by atoms with E-state index in [0.717, 1.165) is 37.4 Å². The summed E-state index contributed by atoms with van der Waals surface area (Å²) < 4.78 is 19.8. The van der Waals surface area contributed by atoms with Crippen molar-refractivity contribution >= 4 is 0 Å². The molecule has 0 unspecified atom stereocenters. The molecule has 1 aliphatic rings. The Balaban J connectivity index is 2.18. The van der Waals surface area contributed by atoms with Gasteiger partial charge in [-0.15, -0.1) is 0 Å². The van der Waals surface area contributed by atoms with Crippen molar-refractivity contribution in [1.82, 2.24) is 4.90 Å². The highest BCUT2D eigenvalue weighted by Gasteiger charge is 2.21. The third-order valence-electron chi connectivity index (χ3n) is 3.38. The summed E-state index contributed by atoms with van der Waals surface area (Å²) in [6, 6.07) is 5.73. The van der Waals surface area contributed by atoms with E-state index in [1.807, 2.05) is 39.0 Å². The minimum absolute atomic E-state index is 0.0449. The summed E-state index contributed by atoms with van der Waals surface area (Å²) in [5.41, 5.74) is 1.45. The highest BCUT2D eigenvalue weighted by Crippen LogP contribution is 2.27. The van der Waals surface area contributed by atoms with Gasteiger partial charge in [0.25, 0.3) is 0 Å².